The molecule has 0 radical (unpaired) electrons. The van der Waals surface area contributed by atoms with Gasteiger partial charge in [-0.15, -0.1) is 0 Å². The first-order valence-corrected chi connectivity index (χ1v) is 8.27. The Bertz CT molecular complexity index is 490. The lowest BCUT2D eigenvalue weighted by Crippen LogP contribution is -2.34. The van der Waals surface area contributed by atoms with Gasteiger partial charge >= 0.3 is 0 Å². The van der Waals surface area contributed by atoms with Crippen LogP contribution in [0.5, 0.6) is 0 Å². The number of hydrogen-bond donors (Lipinski definition) is 1. The van der Waals surface area contributed by atoms with Gasteiger partial charge in [0, 0.05) is 18.5 Å². The molecule has 5 heteroatoms. The topological polar surface area (TPSA) is 42.7 Å². The highest BCUT2D eigenvalue weighted by molar-refractivity contribution is 7.07. The summed E-state index contributed by atoms with van der Waals surface area (Å²) in [5.41, 5.74) is 1.40. The molecular formula is C15H24N4S. The van der Waals surface area contributed by atoms with Crippen molar-refractivity contribution in [2.75, 3.05) is 6.54 Å². The summed E-state index contributed by atoms with van der Waals surface area (Å²) in [6.45, 7) is 7.53. The number of rotatable bonds is 8. The van der Waals surface area contributed by atoms with Crippen molar-refractivity contribution >= 4 is 11.3 Å². The van der Waals surface area contributed by atoms with Crippen LogP contribution >= 0.6 is 11.3 Å². The molecule has 1 atom stereocenters. The van der Waals surface area contributed by atoms with Gasteiger partial charge in [-0.3, -0.25) is 0 Å². The van der Waals surface area contributed by atoms with Crippen LogP contribution in [0.15, 0.2) is 23.2 Å². The fourth-order valence-electron chi connectivity index (χ4n) is 2.33. The van der Waals surface area contributed by atoms with Gasteiger partial charge in [-0.25, -0.2) is 9.67 Å². The monoisotopic (exact) mass is 292 g/mol. The smallest absolute Gasteiger partial charge is 0.138 e. The van der Waals surface area contributed by atoms with E-state index in [0.717, 1.165) is 31.6 Å². The van der Waals surface area contributed by atoms with Crippen molar-refractivity contribution in [2.24, 2.45) is 0 Å². The summed E-state index contributed by atoms with van der Waals surface area (Å²) in [4.78, 5) is 4.43. The van der Waals surface area contributed by atoms with Crippen molar-refractivity contribution in [3.8, 4) is 0 Å². The third-order valence-corrected chi connectivity index (χ3v) is 4.04. The number of hydrogen-bond acceptors (Lipinski definition) is 4. The molecule has 4 nitrogen and oxygen atoms in total. The van der Waals surface area contributed by atoms with Crippen LogP contribution in [-0.2, 0) is 12.8 Å². The lowest BCUT2D eigenvalue weighted by molar-refractivity contribution is 0.453. The maximum Gasteiger partial charge on any atom is 0.138 e. The highest BCUT2D eigenvalue weighted by Crippen LogP contribution is 2.13. The molecule has 2 aromatic rings. The van der Waals surface area contributed by atoms with Gasteiger partial charge < -0.3 is 5.32 Å². The van der Waals surface area contributed by atoms with Gasteiger partial charge in [0.05, 0.1) is 0 Å². The van der Waals surface area contributed by atoms with E-state index in [2.05, 4.69) is 53.0 Å². The summed E-state index contributed by atoms with van der Waals surface area (Å²) in [7, 11) is 0. The first kappa shape index (κ1) is 15.2. The Morgan fingerprint density at radius 1 is 1.35 bits per heavy atom. The lowest BCUT2D eigenvalue weighted by Gasteiger charge is -2.19. The van der Waals surface area contributed by atoms with E-state index in [1.165, 1.54) is 5.56 Å². The second kappa shape index (κ2) is 7.55. The molecule has 2 rings (SSSR count). The third kappa shape index (κ3) is 4.15. The molecule has 110 valence electrons. The zero-order valence-electron chi connectivity index (χ0n) is 12.5. The van der Waals surface area contributed by atoms with E-state index in [-0.39, 0.29) is 0 Å². The number of nitrogens with one attached hydrogen (secondary N) is 1. The molecule has 0 aliphatic heterocycles. The zero-order chi connectivity index (χ0) is 14.4. The molecule has 0 spiro atoms. The fraction of sp³-hybridized carbons (Fsp3) is 0.600. The van der Waals surface area contributed by atoms with Crippen LogP contribution < -0.4 is 5.32 Å². The van der Waals surface area contributed by atoms with Gasteiger partial charge in [0.1, 0.15) is 12.2 Å². The van der Waals surface area contributed by atoms with Gasteiger partial charge in [0.25, 0.3) is 0 Å². The van der Waals surface area contributed by atoms with E-state index in [1.54, 1.807) is 17.7 Å². The first-order valence-electron chi connectivity index (χ1n) is 7.33. The summed E-state index contributed by atoms with van der Waals surface area (Å²) in [6, 6.07) is 2.99. The Hall–Kier alpha value is -1.20. The van der Waals surface area contributed by atoms with Crippen molar-refractivity contribution < 1.29 is 0 Å². The summed E-state index contributed by atoms with van der Waals surface area (Å²) in [5.74, 6) is 1.07. The highest BCUT2D eigenvalue weighted by Gasteiger charge is 2.15. The molecule has 0 saturated carbocycles. The molecule has 0 fully saturated rings. The minimum atomic E-state index is 0.362. The quantitative estimate of drug-likeness (QED) is 0.813. The van der Waals surface area contributed by atoms with Crippen LogP contribution in [0.1, 0.15) is 44.6 Å². The normalized spacial score (nSPS) is 13.0. The third-order valence-electron chi connectivity index (χ3n) is 3.31. The van der Waals surface area contributed by atoms with E-state index < -0.39 is 0 Å². The van der Waals surface area contributed by atoms with E-state index >= 15 is 0 Å². The summed E-state index contributed by atoms with van der Waals surface area (Å²) in [5, 5.41) is 12.3. The maximum absolute atomic E-state index is 4.43. The van der Waals surface area contributed by atoms with Crippen molar-refractivity contribution in [3.63, 3.8) is 0 Å². The molecule has 0 aliphatic rings. The average molecular weight is 292 g/mol. The zero-order valence-corrected chi connectivity index (χ0v) is 13.4. The summed E-state index contributed by atoms with van der Waals surface area (Å²) in [6.07, 6.45) is 4.79. The first-order chi connectivity index (χ1) is 9.70. The van der Waals surface area contributed by atoms with E-state index in [4.69, 9.17) is 0 Å². The molecule has 2 heterocycles. The average Bonchev–Trinajstić information content (AvgIpc) is 3.07. The Morgan fingerprint density at radius 3 is 2.85 bits per heavy atom. The van der Waals surface area contributed by atoms with Crippen LogP contribution in [-0.4, -0.2) is 27.4 Å². The van der Waals surface area contributed by atoms with Crippen molar-refractivity contribution in [2.45, 2.75) is 52.1 Å². The molecule has 1 unspecified atom stereocenters. The predicted octanol–water partition coefficient (Wildman–Crippen LogP) is 3.07. The van der Waals surface area contributed by atoms with Gasteiger partial charge in [-0.1, -0.05) is 6.92 Å². The van der Waals surface area contributed by atoms with E-state index in [1.807, 2.05) is 4.68 Å². The minimum Gasteiger partial charge on any atom is -0.313 e. The molecule has 0 saturated heterocycles. The summed E-state index contributed by atoms with van der Waals surface area (Å²) >= 11 is 1.76. The molecule has 2 aromatic heterocycles. The second-order valence-electron chi connectivity index (χ2n) is 5.41. The number of nitrogens with zero attached hydrogens (tertiary/aromatic N) is 3. The van der Waals surface area contributed by atoms with Crippen molar-refractivity contribution in [3.05, 3.63) is 34.5 Å². The van der Waals surface area contributed by atoms with Gasteiger partial charge in [0.15, 0.2) is 0 Å². The van der Waals surface area contributed by atoms with Crippen molar-refractivity contribution in [1.29, 1.82) is 0 Å². The van der Waals surface area contributed by atoms with Crippen LogP contribution in [0.25, 0.3) is 0 Å². The lowest BCUT2D eigenvalue weighted by atomic mass is 10.1. The number of aromatic nitrogens is 3. The molecule has 0 bridgehead atoms. The molecule has 1 N–H and O–H groups in total. The Kier molecular flexibility index (Phi) is 5.73. The van der Waals surface area contributed by atoms with Crippen molar-refractivity contribution in [1.82, 2.24) is 20.1 Å². The molecule has 20 heavy (non-hydrogen) atoms. The number of thiophene rings is 1. The Balaban J connectivity index is 2.04. The predicted molar refractivity (Wildman–Crippen MR) is 84.2 cm³/mol. The molecule has 0 amide bonds. The van der Waals surface area contributed by atoms with Crippen LogP contribution in [0.4, 0.5) is 0 Å². The van der Waals surface area contributed by atoms with Crippen LogP contribution in [0.3, 0.4) is 0 Å². The Morgan fingerprint density at radius 2 is 2.20 bits per heavy atom. The summed E-state index contributed by atoms with van der Waals surface area (Å²) < 4.78 is 2.02. The van der Waals surface area contributed by atoms with Gasteiger partial charge in [-0.2, -0.15) is 16.4 Å². The van der Waals surface area contributed by atoms with Crippen LogP contribution in [0, 0.1) is 0 Å². The Labute approximate surface area is 125 Å². The molecular weight excluding hydrogens is 268 g/mol. The molecule has 0 aromatic carbocycles. The van der Waals surface area contributed by atoms with E-state index in [0.29, 0.717) is 12.1 Å². The maximum atomic E-state index is 4.43. The van der Waals surface area contributed by atoms with Crippen LogP contribution in [0.2, 0.25) is 0 Å². The minimum absolute atomic E-state index is 0.362. The van der Waals surface area contributed by atoms with Gasteiger partial charge in [0.2, 0.25) is 0 Å². The van der Waals surface area contributed by atoms with Gasteiger partial charge in [-0.05, 0) is 55.6 Å². The standard InChI is InChI=1S/C15H24N4S/c1-4-6-16-14(8-13-5-7-20-10-13)9-15-17-11-18-19(15)12(2)3/h5,7,10-12,14,16H,4,6,8-9H2,1-3H3. The van der Waals surface area contributed by atoms with E-state index in [9.17, 15) is 0 Å². The molecule has 0 aliphatic carbocycles. The SMILES string of the molecule is CCCNC(Cc1ccsc1)Cc1ncnn1C(C)C. The highest BCUT2D eigenvalue weighted by atomic mass is 32.1. The second-order valence-corrected chi connectivity index (χ2v) is 6.19. The largest absolute Gasteiger partial charge is 0.313 e. The fourth-order valence-corrected chi connectivity index (χ4v) is 3.01.